The molecule has 1 amide bonds. The van der Waals surface area contributed by atoms with Crippen LogP contribution in [0.15, 0.2) is 18.2 Å². The van der Waals surface area contributed by atoms with E-state index in [-0.39, 0.29) is 11.9 Å². The monoisotopic (exact) mass is 235 g/mol. The largest absolute Gasteiger partial charge is 0.399 e. The van der Waals surface area contributed by atoms with Crippen LogP contribution in [0.3, 0.4) is 0 Å². The van der Waals surface area contributed by atoms with E-state index in [9.17, 15) is 4.79 Å². The van der Waals surface area contributed by atoms with Crippen LogP contribution in [-0.4, -0.2) is 30.9 Å². The van der Waals surface area contributed by atoms with Gasteiger partial charge in [0, 0.05) is 11.4 Å². The normalized spacial score (nSPS) is 12.5. The van der Waals surface area contributed by atoms with Gasteiger partial charge in [-0.3, -0.25) is 9.69 Å². The summed E-state index contributed by atoms with van der Waals surface area (Å²) in [7, 11) is 3.81. The first kappa shape index (κ1) is 13.5. The Balaban J connectivity index is 2.80. The topological polar surface area (TPSA) is 58.4 Å². The number of carbonyl (C=O) groups excluding carboxylic acids is 1. The molecule has 0 bridgehead atoms. The summed E-state index contributed by atoms with van der Waals surface area (Å²) in [5.41, 5.74) is 8.18. The average Bonchev–Trinajstić information content (AvgIpc) is 2.22. The van der Waals surface area contributed by atoms with Gasteiger partial charge in [0.2, 0.25) is 5.91 Å². The smallest absolute Gasteiger partial charge is 0.241 e. The van der Waals surface area contributed by atoms with Gasteiger partial charge in [-0.2, -0.15) is 0 Å². The molecule has 0 aliphatic rings. The number of amides is 1. The molecular formula is C13H21N3O. The molecule has 4 nitrogen and oxygen atoms in total. The van der Waals surface area contributed by atoms with Crippen LogP contribution in [-0.2, 0) is 4.79 Å². The van der Waals surface area contributed by atoms with Gasteiger partial charge >= 0.3 is 0 Å². The standard InChI is InChI=1S/C13H21N3O/c1-5-12(16(3)4)13(17)15-11-7-6-10(14)8-9(11)2/h6-8,12H,5,14H2,1-4H3,(H,15,17). The van der Waals surface area contributed by atoms with Crippen LogP contribution in [0, 0.1) is 6.92 Å². The maximum atomic E-state index is 12.0. The fraction of sp³-hybridized carbons (Fsp3) is 0.462. The molecule has 94 valence electrons. The molecule has 0 aromatic heterocycles. The molecule has 1 atom stereocenters. The molecule has 1 unspecified atom stereocenters. The Morgan fingerprint density at radius 3 is 2.59 bits per heavy atom. The summed E-state index contributed by atoms with van der Waals surface area (Å²) in [6.07, 6.45) is 0.785. The number of aryl methyl sites for hydroxylation is 1. The Bertz CT molecular complexity index is 402. The van der Waals surface area contributed by atoms with Gasteiger partial charge in [0.15, 0.2) is 0 Å². The van der Waals surface area contributed by atoms with Crippen LogP contribution in [0.5, 0.6) is 0 Å². The van der Waals surface area contributed by atoms with Crippen molar-refractivity contribution in [2.75, 3.05) is 25.1 Å². The van der Waals surface area contributed by atoms with E-state index in [2.05, 4.69) is 5.32 Å². The molecule has 0 heterocycles. The first-order valence-corrected chi connectivity index (χ1v) is 5.79. The summed E-state index contributed by atoms with van der Waals surface area (Å²) >= 11 is 0. The molecular weight excluding hydrogens is 214 g/mol. The number of nitrogens with two attached hydrogens (primary N) is 1. The number of nitrogens with one attached hydrogen (secondary N) is 1. The third-order valence-corrected chi connectivity index (χ3v) is 2.82. The van der Waals surface area contributed by atoms with Crippen molar-refractivity contribution in [3.8, 4) is 0 Å². The molecule has 0 aliphatic heterocycles. The van der Waals surface area contributed by atoms with Crippen LogP contribution >= 0.6 is 0 Å². The Hall–Kier alpha value is -1.55. The zero-order chi connectivity index (χ0) is 13.0. The Morgan fingerprint density at radius 1 is 1.47 bits per heavy atom. The van der Waals surface area contributed by atoms with Crippen molar-refractivity contribution >= 4 is 17.3 Å². The van der Waals surface area contributed by atoms with Gasteiger partial charge in [-0.1, -0.05) is 6.92 Å². The highest BCUT2D eigenvalue weighted by Crippen LogP contribution is 2.18. The van der Waals surface area contributed by atoms with E-state index in [1.807, 2.05) is 45.0 Å². The molecule has 0 saturated heterocycles. The zero-order valence-corrected chi connectivity index (χ0v) is 10.9. The number of anilines is 2. The van der Waals surface area contributed by atoms with Gasteiger partial charge < -0.3 is 11.1 Å². The molecule has 1 aromatic carbocycles. The number of benzene rings is 1. The van der Waals surface area contributed by atoms with Gasteiger partial charge in [-0.25, -0.2) is 0 Å². The molecule has 1 rings (SSSR count). The summed E-state index contributed by atoms with van der Waals surface area (Å²) in [5, 5.41) is 2.93. The molecule has 0 aliphatic carbocycles. The molecule has 1 aromatic rings. The van der Waals surface area contributed by atoms with Crippen molar-refractivity contribution in [1.29, 1.82) is 0 Å². The van der Waals surface area contributed by atoms with Crippen LogP contribution in [0.4, 0.5) is 11.4 Å². The lowest BCUT2D eigenvalue weighted by Crippen LogP contribution is -2.39. The Kier molecular flexibility index (Phi) is 4.52. The molecule has 0 fully saturated rings. The highest BCUT2D eigenvalue weighted by atomic mass is 16.2. The minimum atomic E-state index is -0.105. The van der Waals surface area contributed by atoms with E-state index in [1.54, 1.807) is 6.07 Å². The first-order valence-electron chi connectivity index (χ1n) is 5.79. The van der Waals surface area contributed by atoms with Crippen molar-refractivity contribution in [3.05, 3.63) is 23.8 Å². The second kappa shape index (κ2) is 5.68. The van der Waals surface area contributed by atoms with E-state index >= 15 is 0 Å². The maximum Gasteiger partial charge on any atom is 0.241 e. The number of carbonyl (C=O) groups is 1. The van der Waals surface area contributed by atoms with Crippen LogP contribution in [0.25, 0.3) is 0 Å². The van der Waals surface area contributed by atoms with Gasteiger partial charge in [-0.05, 0) is 51.2 Å². The minimum absolute atomic E-state index is 0.0189. The predicted octanol–water partition coefficient (Wildman–Crippen LogP) is 1.86. The summed E-state index contributed by atoms with van der Waals surface area (Å²) in [4.78, 5) is 14.0. The fourth-order valence-electron chi connectivity index (χ4n) is 1.83. The van der Waals surface area contributed by atoms with E-state index < -0.39 is 0 Å². The SMILES string of the molecule is CCC(C(=O)Nc1ccc(N)cc1C)N(C)C. The lowest BCUT2D eigenvalue weighted by Gasteiger charge is -2.22. The summed E-state index contributed by atoms with van der Waals surface area (Å²) in [6.45, 7) is 3.93. The second-order valence-corrected chi connectivity index (χ2v) is 4.45. The number of nitrogens with zero attached hydrogens (tertiary/aromatic N) is 1. The Labute approximate surface area is 103 Å². The molecule has 3 N–H and O–H groups in total. The van der Waals surface area contributed by atoms with Crippen LogP contribution in [0.2, 0.25) is 0 Å². The molecule has 0 spiro atoms. The first-order chi connectivity index (χ1) is 7.95. The summed E-state index contributed by atoms with van der Waals surface area (Å²) in [6, 6.07) is 5.38. The third kappa shape index (κ3) is 3.46. The van der Waals surface area contributed by atoms with Gasteiger partial charge in [-0.15, -0.1) is 0 Å². The second-order valence-electron chi connectivity index (χ2n) is 4.45. The minimum Gasteiger partial charge on any atom is -0.399 e. The zero-order valence-electron chi connectivity index (χ0n) is 10.9. The van der Waals surface area contributed by atoms with Crippen molar-refractivity contribution in [2.45, 2.75) is 26.3 Å². The summed E-state index contributed by atoms with van der Waals surface area (Å²) in [5.74, 6) is 0.0189. The molecule has 0 radical (unpaired) electrons. The quantitative estimate of drug-likeness (QED) is 0.783. The molecule has 4 heteroatoms. The highest BCUT2D eigenvalue weighted by molar-refractivity contribution is 5.95. The number of hydrogen-bond donors (Lipinski definition) is 2. The van der Waals surface area contributed by atoms with Crippen LogP contribution < -0.4 is 11.1 Å². The van der Waals surface area contributed by atoms with Crippen molar-refractivity contribution in [2.24, 2.45) is 0 Å². The van der Waals surface area contributed by atoms with E-state index in [4.69, 9.17) is 5.73 Å². The highest BCUT2D eigenvalue weighted by Gasteiger charge is 2.18. The lowest BCUT2D eigenvalue weighted by atomic mass is 10.1. The number of nitrogen functional groups attached to an aromatic ring is 1. The maximum absolute atomic E-state index is 12.0. The van der Waals surface area contributed by atoms with E-state index in [0.29, 0.717) is 5.69 Å². The number of likely N-dealkylation sites (N-methyl/N-ethyl adjacent to an activating group) is 1. The fourth-order valence-corrected chi connectivity index (χ4v) is 1.83. The molecule has 0 saturated carbocycles. The Morgan fingerprint density at radius 2 is 2.12 bits per heavy atom. The molecule has 17 heavy (non-hydrogen) atoms. The third-order valence-electron chi connectivity index (χ3n) is 2.82. The average molecular weight is 235 g/mol. The van der Waals surface area contributed by atoms with Gasteiger partial charge in [0.05, 0.1) is 6.04 Å². The van der Waals surface area contributed by atoms with Crippen LogP contribution in [0.1, 0.15) is 18.9 Å². The lowest BCUT2D eigenvalue weighted by molar-refractivity contribution is -0.120. The predicted molar refractivity (Wildman–Crippen MR) is 72.0 cm³/mol. The van der Waals surface area contributed by atoms with Crippen molar-refractivity contribution in [1.82, 2.24) is 4.90 Å². The number of hydrogen-bond acceptors (Lipinski definition) is 3. The van der Waals surface area contributed by atoms with Gasteiger partial charge in [0.1, 0.15) is 0 Å². The van der Waals surface area contributed by atoms with E-state index in [0.717, 1.165) is 17.7 Å². The number of rotatable bonds is 4. The van der Waals surface area contributed by atoms with E-state index in [1.165, 1.54) is 0 Å². The summed E-state index contributed by atoms with van der Waals surface area (Å²) < 4.78 is 0. The van der Waals surface area contributed by atoms with Gasteiger partial charge in [0.25, 0.3) is 0 Å². The van der Waals surface area contributed by atoms with Crippen molar-refractivity contribution in [3.63, 3.8) is 0 Å². The van der Waals surface area contributed by atoms with Crippen molar-refractivity contribution < 1.29 is 4.79 Å².